The van der Waals surface area contributed by atoms with E-state index in [1.54, 1.807) is 35.2 Å². The molecule has 2 N–H and O–H groups in total. The van der Waals surface area contributed by atoms with Gasteiger partial charge in [-0.2, -0.15) is 0 Å². The summed E-state index contributed by atoms with van der Waals surface area (Å²) in [7, 11) is 1.52. The van der Waals surface area contributed by atoms with Gasteiger partial charge in [0.05, 0.1) is 7.11 Å². The van der Waals surface area contributed by atoms with Crippen LogP contribution < -0.4 is 15.4 Å². The first-order valence-electron chi connectivity index (χ1n) is 10.8. The molecule has 1 unspecified atom stereocenters. The normalized spacial score (nSPS) is 14.8. The summed E-state index contributed by atoms with van der Waals surface area (Å²) in [6.45, 7) is 4.76. The second kappa shape index (κ2) is 11.3. The highest BCUT2D eigenvalue weighted by Crippen LogP contribution is 2.23. The van der Waals surface area contributed by atoms with Crippen molar-refractivity contribution in [1.82, 2.24) is 15.5 Å². The predicted octanol–water partition coefficient (Wildman–Crippen LogP) is 2.79. The average Bonchev–Trinajstić information content (AvgIpc) is 2.86. The molecule has 0 aliphatic carbocycles. The number of likely N-dealkylation sites (tertiary alicyclic amines) is 1. The van der Waals surface area contributed by atoms with Crippen molar-refractivity contribution in [2.75, 3.05) is 26.7 Å². The number of methoxy groups -OCH3 is 1. The Labute approximate surface area is 192 Å². The molecule has 3 amide bonds. The molecule has 0 aromatic heterocycles. The van der Waals surface area contributed by atoms with Crippen LogP contribution in [0, 0.1) is 11.7 Å². The summed E-state index contributed by atoms with van der Waals surface area (Å²) in [6.07, 6.45) is 2.65. The third-order valence-corrected chi connectivity index (χ3v) is 5.71. The maximum absolute atomic E-state index is 13.2. The number of piperidine rings is 1. The van der Waals surface area contributed by atoms with E-state index in [0.29, 0.717) is 42.8 Å². The maximum atomic E-state index is 13.2. The molecule has 0 spiro atoms. The van der Waals surface area contributed by atoms with Crippen LogP contribution in [0.5, 0.6) is 5.75 Å². The summed E-state index contributed by atoms with van der Waals surface area (Å²) >= 11 is 0. The van der Waals surface area contributed by atoms with Gasteiger partial charge in [0, 0.05) is 30.8 Å². The number of hydrogen-bond donors (Lipinski definition) is 2. The monoisotopic (exact) mass is 453 g/mol. The first-order chi connectivity index (χ1) is 15.9. The highest BCUT2D eigenvalue weighted by molar-refractivity contribution is 5.98. The average molecular weight is 454 g/mol. The fourth-order valence-corrected chi connectivity index (χ4v) is 3.88. The van der Waals surface area contributed by atoms with Gasteiger partial charge in [0.25, 0.3) is 11.8 Å². The summed E-state index contributed by atoms with van der Waals surface area (Å²) in [5.41, 5.74) is 0.807. The largest absolute Gasteiger partial charge is 0.497 e. The zero-order valence-corrected chi connectivity index (χ0v) is 18.6. The lowest BCUT2D eigenvalue weighted by Crippen LogP contribution is -2.53. The van der Waals surface area contributed by atoms with Crippen LogP contribution in [0.15, 0.2) is 61.2 Å². The van der Waals surface area contributed by atoms with Gasteiger partial charge in [-0.1, -0.05) is 12.1 Å². The Morgan fingerprint density at radius 1 is 1.15 bits per heavy atom. The molecule has 1 heterocycles. The first kappa shape index (κ1) is 24.0. The Morgan fingerprint density at radius 2 is 1.85 bits per heavy atom. The molecule has 174 valence electrons. The summed E-state index contributed by atoms with van der Waals surface area (Å²) in [4.78, 5) is 40.1. The molecule has 0 saturated carbocycles. The van der Waals surface area contributed by atoms with Crippen LogP contribution in [-0.2, 0) is 4.79 Å². The Hall–Kier alpha value is -3.68. The van der Waals surface area contributed by atoms with E-state index < -0.39 is 11.9 Å². The Balaban J connectivity index is 1.69. The third kappa shape index (κ3) is 6.19. The fourth-order valence-electron chi connectivity index (χ4n) is 3.88. The van der Waals surface area contributed by atoms with Gasteiger partial charge in [-0.05, 0) is 61.2 Å². The molecule has 0 radical (unpaired) electrons. The molecule has 2 aromatic rings. The van der Waals surface area contributed by atoms with Crippen LogP contribution in [-0.4, -0.2) is 55.4 Å². The van der Waals surface area contributed by atoms with Gasteiger partial charge < -0.3 is 20.3 Å². The maximum Gasteiger partial charge on any atom is 0.253 e. The smallest absolute Gasteiger partial charge is 0.253 e. The molecular weight excluding hydrogens is 425 g/mol. The van der Waals surface area contributed by atoms with E-state index in [1.165, 1.54) is 31.4 Å². The lowest BCUT2D eigenvalue weighted by atomic mass is 9.88. The van der Waals surface area contributed by atoms with E-state index in [1.807, 2.05) is 0 Å². The molecule has 33 heavy (non-hydrogen) atoms. The van der Waals surface area contributed by atoms with E-state index in [9.17, 15) is 18.8 Å². The first-order valence-corrected chi connectivity index (χ1v) is 10.8. The lowest BCUT2D eigenvalue weighted by Gasteiger charge is -2.35. The molecular formula is C25H28FN3O4. The minimum atomic E-state index is -0.758. The lowest BCUT2D eigenvalue weighted by molar-refractivity contribution is -0.124. The van der Waals surface area contributed by atoms with E-state index in [0.717, 1.165) is 0 Å². The fraction of sp³-hybridized carbons (Fsp3) is 0.320. The van der Waals surface area contributed by atoms with Crippen molar-refractivity contribution in [1.29, 1.82) is 0 Å². The van der Waals surface area contributed by atoms with E-state index >= 15 is 0 Å². The highest BCUT2D eigenvalue weighted by atomic mass is 19.1. The summed E-state index contributed by atoms with van der Waals surface area (Å²) in [5, 5.41) is 5.62. The topological polar surface area (TPSA) is 87.7 Å². The third-order valence-electron chi connectivity index (χ3n) is 5.71. The Morgan fingerprint density at radius 3 is 2.48 bits per heavy atom. The molecule has 7 nitrogen and oxygen atoms in total. The van der Waals surface area contributed by atoms with Crippen molar-refractivity contribution in [3.8, 4) is 5.75 Å². The second-order valence-corrected chi connectivity index (χ2v) is 7.85. The van der Waals surface area contributed by atoms with Crippen LogP contribution in [0.25, 0.3) is 0 Å². The molecule has 3 rings (SSSR count). The molecule has 2 aromatic carbocycles. The van der Waals surface area contributed by atoms with Crippen LogP contribution in [0.3, 0.4) is 0 Å². The van der Waals surface area contributed by atoms with Crippen molar-refractivity contribution in [3.63, 3.8) is 0 Å². The Kier molecular flexibility index (Phi) is 8.18. The van der Waals surface area contributed by atoms with Crippen LogP contribution in [0.2, 0.25) is 0 Å². The summed E-state index contributed by atoms with van der Waals surface area (Å²) in [6, 6.07) is 11.4. The van der Waals surface area contributed by atoms with Crippen molar-refractivity contribution in [3.05, 3.63) is 78.1 Å². The SMILES string of the molecule is C=CCNC(=O)C(NC(=O)c1cccc(OC)c1)C1CCN(C(=O)c2ccc(F)cc2)CC1. The van der Waals surface area contributed by atoms with Crippen molar-refractivity contribution in [2.24, 2.45) is 5.92 Å². The van der Waals surface area contributed by atoms with Crippen molar-refractivity contribution >= 4 is 17.7 Å². The number of ether oxygens (including phenoxy) is 1. The van der Waals surface area contributed by atoms with E-state index in [-0.39, 0.29) is 30.2 Å². The highest BCUT2D eigenvalue weighted by Gasteiger charge is 2.34. The number of amides is 3. The summed E-state index contributed by atoms with van der Waals surface area (Å²) in [5.74, 6) is -0.858. The van der Waals surface area contributed by atoms with E-state index in [4.69, 9.17) is 4.74 Å². The number of rotatable bonds is 8. The minimum Gasteiger partial charge on any atom is -0.497 e. The quantitative estimate of drug-likeness (QED) is 0.602. The summed E-state index contributed by atoms with van der Waals surface area (Å²) < 4.78 is 18.3. The number of hydrogen-bond acceptors (Lipinski definition) is 4. The van der Waals surface area contributed by atoms with Gasteiger partial charge in [0.15, 0.2) is 0 Å². The number of halogens is 1. The number of carbonyl (C=O) groups excluding carboxylic acids is 3. The van der Waals surface area contributed by atoms with E-state index in [2.05, 4.69) is 17.2 Å². The van der Waals surface area contributed by atoms with Gasteiger partial charge >= 0.3 is 0 Å². The zero-order valence-electron chi connectivity index (χ0n) is 18.6. The standard InChI is InChI=1S/C25H28FN3O4/c1-3-13-27-24(31)22(28-23(30)19-5-4-6-21(16-19)33-2)17-11-14-29(15-12-17)25(32)18-7-9-20(26)10-8-18/h3-10,16-17,22H,1,11-15H2,2H3,(H,27,31)(H,28,30). The van der Waals surface area contributed by atoms with Crippen molar-refractivity contribution in [2.45, 2.75) is 18.9 Å². The zero-order chi connectivity index (χ0) is 23.8. The van der Waals surface area contributed by atoms with Gasteiger partial charge in [-0.25, -0.2) is 4.39 Å². The second-order valence-electron chi connectivity index (χ2n) is 7.85. The minimum absolute atomic E-state index is 0.151. The van der Waals surface area contributed by atoms with Gasteiger partial charge in [-0.3, -0.25) is 14.4 Å². The molecule has 8 heteroatoms. The Bertz CT molecular complexity index is 1000. The molecule has 1 aliphatic rings. The molecule has 1 saturated heterocycles. The van der Waals surface area contributed by atoms with Crippen LogP contribution >= 0.6 is 0 Å². The molecule has 1 fully saturated rings. The number of benzene rings is 2. The molecule has 1 aliphatic heterocycles. The van der Waals surface area contributed by atoms with Crippen LogP contribution in [0.4, 0.5) is 4.39 Å². The van der Waals surface area contributed by atoms with Gasteiger partial charge in [0.1, 0.15) is 17.6 Å². The number of nitrogens with zero attached hydrogens (tertiary/aromatic N) is 1. The van der Waals surface area contributed by atoms with Gasteiger partial charge in [0.2, 0.25) is 5.91 Å². The molecule has 1 atom stereocenters. The molecule has 0 bridgehead atoms. The predicted molar refractivity (Wildman–Crippen MR) is 122 cm³/mol. The van der Waals surface area contributed by atoms with Gasteiger partial charge in [-0.15, -0.1) is 6.58 Å². The van der Waals surface area contributed by atoms with Crippen LogP contribution in [0.1, 0.15) is 33.6 Å². The van der Waals surface area contributed by atoms with Crippen molar-refractivity contribution < 1.29 is 23.5 Å². The number of carbonyl (C=O) groups is 3. The number of nitrogens with one attached hydrogen (secondary N) is 2.